The van der Waals surface area contributed by atoms with E-state index in [1.54, 1.807) is 0 Å². The molecule has 1 heteroatoms. The van der Waals surface area contributed by atoms with E-state index in [4.69, 9.17) is 0 Å². The average Bonchev–Trinajstić information content (AvgIpc) is 3.47. The smallest absolute Gasteiger partial charge is 0.0434 e. The van der Waals surface area contributed by atoms with Crippen LogP contribution in [-0.4, -0.2) is 0 Å². The zero-order valence-corrected chi connectivity index (χ0v) is 24.2. The first-order valence-corrected chi connectivity index (χ1v) is 15.6. The van der Waals surface area contributed by atoms with Crippen LogP contribution in [0.3, 0.4) is 0 Å². The first-order chi connectivity index (χ1) is 21.3. The Kier molecular flexibility index (Phi) is 5.47. The van der Waals surface area contributed by atoms with Crippen LogP contribution >= 0.6 is 11.3 Å². The molecule has 43 heavy (non-hydrogen) atoms. The Balaban J connectivity index is 1.32. The Morgan fingerprint density at radius 2 is 0.791 bits per heavy atom. The highest BCUT2D eigenvalue weighted by atomic mass is 32.1. The molecule has 0 amide bonds. The fourth-order valence-corrected chi connectivity index (χ4v) is 8.08. The fourth-order valence-electron chi connectivity index (χ4n) is 6.84. The van der Waals surface area contributed by atoms with E-state index in [1.165, 1.54) is 85.9 Å². The number of hydrogen-bond acceptors (Lipinski definition) is 1. The van der Waals surface area contributed by atoms with Crippen molar-refractivity contribution in [2.24, 2.45) is 0 Å². The fraction of sp³-hybridized carbons (Fsp3) is 0. The first-order valence-electron chi connectivity index (χ1n) is 14.8. The Morgan fingerprint density at radius 3 is 1.51 bits per heavy atom. The molecule has 0 nitrogen and oxygen atoms in total. The van der Waals surface area contributed by atoms with Crippen LogP contribution in [0.2, 0.25) is 0 Å². The van der Waals surface area contributed by atoms with Crippen LogP contribution in [0.15, 0.2) is 158 Å². The third kappa shape index (κ3) is 3.82. The maximum atomic E-state index is 2.45. The van der Waals surface area contributed by atoms with Gasteiger partial charge >= 0.3 is 0 Å². The molecule has 200 valence electrons. The summed E-state index contributed by atoms with van der Waals surface area (Å²) in [5.41, 5.74) is 7.59. The largest absolute Gasteiger partial charge is 0.135 e. The lowest BCUT2D eigenvalue weighted by Crippen LogP contribution is -1.89. The van der Waals surface area contributed by atoms with Crippen LogP contribution in [0.4, 0.5) is 0 Å². The van der Waals surface area contributed by atoms with Gasteiger partial charge in [-0.2, -0.15) is 0 Å². The van der Waals surface area contributed by atoms with Crippen molar-refractivity contribution in [1.29, 1.82) is 0 Å². The molecule has 0 aliphatic rings. The van der Waals surface area contributed by atoms with E-state index in [0.717, 1.165) is 0 Å². The number of thiophene rings is 1. The van der Waals surface area contributed by atoms with Gasteiger partial charge in [-0.3, -0.25) is 0 Å². The highest BCUT2D eigenvalue weighted by Gasteiger charge is 2.17. The SMILES string of the molecule is c1ccc(-c2ccc(-c3cc4c5ccccc5c(-c5cccc6c5sc5ccccc56)cc4c4ccccc34)cc2)cc1. The van der Waals surface area contributed by atoms with Crippen LogP contribution < -0.4 is 0 Å². The van der Waals surface area contributed by atoms with Crippen molar-refractivity contribution < 1.29 is 0 Å². The first kappa shape index (κ1) is 24.4. The van der Waals surface area contributed by atoms with Gasteiger partial charge in [0.1, 0.15) is 0 Å². The third-order valence-corrected chi connectivity index (χ3v) is 10.1. The van der Waals surface area contributed by atoms with Crippen molar-refractivity contribution in [2.45, 2.75) is 0 Å². The van der Waals surface area contributed by atoms with E-state index in [9.17, 15) is 0 Å². The Labute approximate surface area is 254 Å². The Morgan fingerprint density at radius 1 is 0.279 bits per heavy atom. The number of hydrogen-bond donors (Lipinski definition) is 0. The molecule has 0 bridgehead atoms. The molecule has 0 unspecified atom stereocenters. The topological polar surface area (TPSA) is 0 Å². The molecule has 0 aliphatic heterocycles. The van der Waals surface area contributed by atoms with Crippen LogP contribution in [-0.2, 0) is 0 Å². The normalized spacial score (nSPS) is 11.7. The molecule has 0 saturated carbocycles. The number of rotatable bonds is 3. The van der Waals surface area contributed by atoms with Crippen molar-refractivity contribution in [3.05, 3.63) is 158 Å². The maximum Gasteiger partial charge on any atom is 0.0434 e. The van der Waals surface area contributed by atoms with E-state index >= 15 is 0 Å². The maximum absolute atomic E-state index is 2.45. The Hall–Kier alpha value is -5.24. The zero-order chi connectivity index (χ0) is 28.3. The molecule has 1 aromatic heterocycles. The van der Waals surface area contributed by atoms with E-state index in [2.05, 4.69) is 158 Å². The summed E-state index contributed by atoms with van der Waals surface area (Å²) in [5.74, 6) is 0. The van der Waals surface area contributed by atoms with Gasteiger partial charge in [-0.1, -0.05) is 140 Å². The second-order valence-electron chi connectivity index (χ2n) is 11.3. The quantitative estimate of drug-likeness (QED) is 0.188. The summed E-state index contributed by atoms with van der Waals surface area (Å²) in [6.07, 6.45) is 0. The summed E-state index contributed by atoms with van der Waals surface area (Å²) in [6.45, 7) is 0. The van der Waals surface area contributed by atoms with Gasteiger partial charge in [0.25, 0.3) is 0 Å². The molecule has 0 aliphatic carbocycles. The molecule has 0 N–H and O–H groups in total. The van der Waals surface area contributed by atoms with E-state index in [-0.39, 0.29) is 0 Å². The molecule has 0 spiro atoms. The highest BCUT2D eigenvalue weighted by Crippen LogP contribution is 2.45. The highest BCUT2D eigenvalue weighted by molar-refractivity contribution is 7.26. The lowest BCUT2D eigenvalue weighted by Gasteiger charge is -2.16. The lowest BCUT2D eigenvalue weighted by molar-refractivity contribution is 1.61. The van der Waals surface area contributed by atoms with Crippen LogP contribution in [0.25, 0.3) is 85.9 Å². The van der Waals surface area contributed by atoms with Gasteiger partial charge in [0.15, 0.2) is 0 Å². The van der Waals surface area contributed by atoms with Gasteiger partial charge in [0.05, 0.1) is 0 Å². The second kappa shape index (κ2) is 9.66. The summed E-state index contributed by atoms with van der Waals surface area (Å²) in [7, 11) is 0. The Bertz CT molecular complexity index is 2480. The van der Waals surface area contributed by atoms with Crippen LogP contribution in [0.1, 0.15) is 0 Å². The van der Waals surface area contributed by atoms with E-state index in [0.29, 0.717) is 0 Å². The van der Waals surface area contributed by atoms with Crippen LogP contribution in [0.5, 0.6) is 0 Å². The van der Waals surface area contributed by atoms with Crippen LogP contribution in [0, 0.1) is 0 Å². The molecule has 0 fully saturated rings. The molecule has 0 saturated heterocycles. The van der Waals surface area contributed by atoms with Gasteiger partial charge < -0.3 is 0 Å². The second-order valence-corrected chi connectivity index (χ2v) is 12.3. The van der Waals surface area contributed by atoms with Gasteiger partial charge in [-0.25, -0.2) is 0 Å². The monoisotopic (exact) mass is 562 g/mol. The molecular weight excluding hydrogens is 537 g/mol. The van der Waals surface area contributed by atoms with E-state index in [1.807, 2.05) is 11.3 Å². The predicted molar refractivity (Wildman–Crippen MR) is 188 cm³/mol. The summed E-state index contributed by atoms with van der Waals surface area (Å²) in [4.78, 5) is 0. The molecule has 0 atom stereocenters. The predicted octanol–water partition coefficient (Wildman–Crippen LogP) is 12.5. The number of fused-ring (bicyclic) bond motifs is 8. The summed E-state index contributed by atoms with van der Waals surface area (Å²) < 4.78 is 2.69. The molecule has 0 radical (unpaired) electrons. The van der Waals surface area contributed by atoms with Gasteiger partial charge in [0.2, 0.25) is 0 Å². The average molecular weight is 563 g/mol. The molecular formula is C42H26S. The summed E-state index contributed by atoms with van der Waals surface area (Å²) in [6, 6.07) is 57.9. The minimum absolute atomic E-state index is 1.24. The van der Waals surface area contributed by atoms with Crippen molar-refractivity contribution in [3.8, 4) is 33.4 Å². The van der Waals surface area contributed by atoms with Crippen molar-refractivity contribution >= 4 is 63.8 Å². The van der Waals surface area contributed by atoms with Crippen molar-refractivity contribution in [1.82, 2.24) is 0 Å². The zero-order valence-electron chi connectivity index (χ0n) is 23.4. The van der Waals surface area contributed by atoms with E-state index < -0.39 is 0 Å². The standard InChI is InChI=1S/C42H26S/c1-2-11-27(12-3-1)28-21-23-29(24-22-28)37-25-39-33-16-7-6-15-32(33)38(26-40(39)31-14-5-4-13-30(31)37)36-19-10-18-35-34-17-8-9-20-41(34)43-42(35)36/h1-26H. The summed E-state index contributed by atoms with van der Waals surface area (Å²) in [5, 5.41) is 10.4. The minimum atomic E-state index is 1.24. The van der Waals surface area contributed by atoms with Gasteiger partial charge in [0, 0.05) is 25.7 Å². The van der Waals surface area contributed by atoms with Crippen molar-refractivity contribution in [2.75, 3.05) is 0 Å². The summed E-state index contributed by atoms with van der Waals surface area (Å²) >= 11 is 1.90. The molecule has 9 rings (SSSR count). The number of benzene rings is 8. The third-order valence-electron chi connectivity index (χ3n) is 8.88. The minimum Gasteiger partial charge on any atom is -0.135 e. The molecule has 1 heterocycles. The molecule has 8 aromatic carbocycles. The molecule has 9 aromatic rings. The van der Waals surface area contributed by atoms with Gasteiger partial charge in [-0.05, 0) is 78.3 Å². The van der Waals surface area contributed by atoms with Gasteiger partial charge in [-0.15, -0.1) is 11.3 Å². The van der Waals surface area contributed by atoms with Crippen molar-refractivity contribution in [3.63, 3.8) is 0 Å². The lowest BCUT2D eigenvalue weighted by atomic mass is 9.87.